The van der Waals surface area contributed by atoms with Crippen molar-refractivity contribution in [2.24, 2.45) is 0 Å². The van der Waals surface area contributed by atoms with Crippen molar-refractivity contribution in [2.45, 2.75) is 0 Å². The molecule has 186 valence electrons. The van der Waals surface area contributed by atoms with Crippen LogP contribution in [0.25, 0.3) is 76.9 Å². The van der Waals surface area contributed by atoms with E-state index in [1.807, 2.05) is 0 Å². The van der Waals surface area contributed by atoms with Crippen molar-refractivity contribution in [3.63, 3.8) is 0 Å². The second-order valence-electron chi connectivity index (χ2n) is 10.5. The van der Waals surface area contributed by atoms with Crippen molar-refractivity contribution in [2.75, 3.05) is 0 Å². The summed E-state index contributed by atoms with van der Waals surface area (Å²) in [4.78, 5) is 0. The van der Waals surface area contributed by atoms with E-state index in [0.29, 0.717) is 0 Å². The fourth-order valence-corrected chi connectivity index (χ4v) is 6.40. The van der Waals surface area contributed by atoms with Crippen molar-refractivity contribution >= 4 is 43.5 Å². The molecule has 9 rings (SSSR count). The molecule has 0 unspecified atom stereocenters. The molecule has 0 radical (unpaired) electrons. The van der Waals surface area contributed by atoms with Crippen molar-refractivity contribution < 1.29 is 9.15 Å². The first-order valence-electron chi connectivity index (χ1n) is 13.6. The minimum atomic E-state index is 0.896. The van der Waals surface area contributed by atoms with Gasteiger partial charge in [-0.1, -0.05) is 97.1 Å². The molecule has 2 nitrogen and oxygen atoms in total. The standard InChI is InChI=1S/C38H22O2/c1-2-12-29-23(7-1)17-19-31-37-28(13-6-16-35(37)40-38(29)31)27-11-3-10-25(21-27)26-18-20-33-32(22-26)30-14-4-8-24-9-5-15-34(39-33)36(24)30/h1-22H. The Balaban J connectivity index is 1.21. The van der Waals surface area contributed by atoms with E-state index in [1.54, 1.807) is 0 Å². The summed E-state index contributed by atoms with van der Waals surface area (Å²) in [5.74, 6) is 1.82. The largest absolute Gasteiger partial charge is 0.456 e. The van der Waals surface area contributed by atoms with E-state index in [-0.39, 0.29) is 0 Å². The van der Waals surface area contributed by atoms with E-state index < -0.39 is 0 Å². The Morgan fingerprint density at radius 3 is 2.15 bits per heavy atom. The Morgan fingerprint density at radius 1 is 0.400 bits per heavy atom. The Labute approximate surface area is 230 Å². The maximum atomic E-state index is 6.45. The van der Waals surface area contributed by atoms with Gasteiger partial charge >= 0.3 is 0 Å². The first-order chi connectivity index (χ1) is 19.8. The Bertz CT molecular complexity index is 2300. The molecule has 1 aromatic heterocycles. The van der Waals surface area contributed by atoms with Crippen LogP contribution in [0.3, 0.4) is 0 Å². The van der Waals surface area contributed by atoms with Crippen LogP contribution in [0.1, 0.15) is 0 Å². The Kier molecular flexibility index (Phi) is 4.36. The van der Waals surface area contributed by atoms with Crippen LogP contribution in [-0.4, -0.2) is 0 Å². The number of benzene rings is 7. The number of hydrogen-bond donors (Lipinski definition) is 0. The van der Waals surface area contributed by atoms with Gasteiger partial charge in [0.15, 0.2) is 0 Å². The molecule has 0 bridgehead atoms. The van der Waals surface area contributed by atoms with Gasteiger partial charge in [0.2, 0.25) is 0 Å². The molecule has 0 saturated heterocycles. The highest BCUT2D eigenvalue weighted by Gasteiger charge is 2.20. The highest BCUT2D eigenvalue weighted by Crippen LogP contribution is 2.48. The SMILES string of the molecule is c1cc(-c2ccc3c(c2)-c2cccc4cccc(c24)O3)cc(-c2cccc3oc4c5ccccc5ccc4c23)c1. The lowest BCUT2D eigenvalue weighted by atomic mass is 9.91. The van der Waals surface area contributed by atoms with Gasteiger partial charge in [-0.25, -0.2) is 0 Å². The van der Waals surface area contributed by atoms with Gasteiger partial charge in [-0.15, -0.1) is 0 Å². The van der Waals surface area contributed by atoms with E-state index in [9.17, 15) is 0 Å². The van der Waals surface area contributed by atoms with Crippen LogP contribution in [0.15, 0.2) is 138 Å². The van der Waals surface area contributed by atoms with Crippen LogP contribution in [-0.2, 0) is 0 Å². The van der Waals surface area contributed by atoms with Crippen LogP contribution in [0, 0.1) is 0 Å². The summed E-state index contributed by atoms with van der Waals surface area (Å²) < 4.78 is 12.8. The van der Waals surface area contributed by atoms with E-state index in [1.165, 1.54) is 38.4 Å². The molecule has 1 aliphatic heterocycles. The third-order valence-corrected chi connectivity index (χ3v) is 8.25. The molecule has 2 heteroatoms. The maximum Gasteiger partial charge on any atom is 0.143 e. The average molecular weight is 511 g/mol. The second-order valence-corrected chi connectivity index (χ2v) is 10.5. The van der Waals surface area contributed by atoms with E-state index in [4.69, 9.17) is 9.15 Å². The molecule has 0 N–H and O–H groups in total. The molecular weight excluding hydrogens is 488 g/mol. The second kappa shape index (κ2) is 8.08. The highest BCUT2D eigenvalue weighted by molar-refractivity contribution is 6.19. The van der Waals surface area contributed by atoms with Gasteiger partial charge < -0.3 is 9.15 Å². The zero-order chi connectivity index (χ0) is 26.2. The first kappa shape index (κ1) is 21.6. The minimum absolute atomic E-state index is 0.896. The third-order valence-electron chi connectivity index (χ3n) is 8.25. The van der Waals surface area contributed by atoms with E-state index in [2.05, 4.69) is 133 Å². The molecule has 0 amide bonds. The minimum Gasteiger partial charge on any atom is -0.456 e. The van der Waals surface area contributed by atoms with Crippen molar-refractivity contribution in [3.8, 4) is 44.9 Å². The van der Waals surface area contributed by atoms with Gasteiger partial charge in [-0.2, -0.15) is 0 Å². The van der Waals surface area contributed by atoms with Gasteiger partial charge in [0, 0.05) is 27.1 Å². The predicted molar refractivity (Wildman–Crippen MR) is 165 cm³/mol. The molecular formula is C38H22O2. The quantitative estimate of drug-likeness (QED) is 0.231. The Morgan fingerprint density at radius 2 is 1.18 bits per heavy atom. The number of fused-ring (bicyclic) bond motifs is 7. The molecule has 2 heterocycles. The zero-order valence-electron chi connectivity index (χ0n) is 21.5. The summed E-state index contributed by atoms with van der Waals surface area (Å²) in [5, 5.41) is 7.00. The van der Waals surface area contributed by atoms with Crippen LogP contribution >= 0.6 is 0 Å². The lowest BCUT2D eigenvalue weighted by Gasteiger charge is -2.22. The summed E-state index contributed by atoms with van der Waals surface area (Å²) in [6.07, 6.45) is 0. The lowest BCUT2D eigenvalue weighted by molar-refractivity contribution is 0.487. The highest BCUT2D eigenvalue weighted by atomic mass is 16.5. The topological polar surface area (TPSA) is 22.4 Å². The van der Waals surface area contributed by atoms with Crippen molar-refractivity contribution in [1.29, 1.82) is 0 Å². The van der Waals surface area contributed by atoms with Gasteiger partial charge in [0.05, 0.1) is 0 Å². The summed E-state index contributed by atoms with van der Waals surface area (Å²) >= 11 is 0. The average Bonchev–Trinajstić information content (AvgIpc) is 3.41. The fraction of sp³-hybridized carbons (Fsp3) is 0. The third kappa shape index (κ3) is 3.05. The van der Waals surface area contributed by atoms with Crippen LogP contribution in [0.4, 0.5) is 0 Å². The predicted octanol–water partition coefficient (Wildman–Crippen LogP) is 11.0. The normalized spacial score (nSPS) is 12.2. The molecule has 0 fully saturated rings. The fourth-order valence-electron chi connectivity index (χ4n) is 6.40. The zero-order valence-corrected chi connectivity index (χ0v) is 21.5. The van der Waals surface area contributed by atoms with Gasteiger partial charge in [-0.05, 0) is 75.0 Å². The molecule has 8 aromatic rings. The number of hydrogen-bond acceptors (Lipinski definition) is 2. The number of furan rings is 1. The number of ether oxygens (including phenoxy) is 1. The molecule has 0 spiro atoms. The lowest BCUT2D eigenvalue weighted by Crippen LogP contribution is -1.97. The molecule has 0 saturated carbocycles. The summed E-state index contributed by atoms with van der Waals surface area (Å²) in [5.41, 5.74) is 8.87. The van der Waals surface area contributed by atoms with Crippen LogP contribution in [0.5, 0.6) is 11.5 Å². The molecule has 7 aromatic carbocycles. The van der Waals surface area contributed by atoms with Gasteiger partial charge in [0.25, 0.3) is 0 Å². The smallest absolute Gasteiger partial charge is 0.143 e. The van der Waals surface area contributed by atoms with E-state index >= 15 is 0 Å². The maximum absolute atomic E-state index is 6.45. The monoisotopic (exact) mass is 510 g/mol. The van der Waals surface area contributed by atoms with Crippen LogP contribution in [0.2, 0.25) is 0 Å². The van der Waals surface area contributed by atoms with Gasteiger partial charge in [0.1, 0.15) is 22.7 Å². The first-order valence-corrected chi connectivity index (χ1v) is 13.6. The van der Waals surface area contributed by atoms with Crippen molar-refractivity contribution in [1.82, 2.24) is 0 Å². The summed E-state index contributed by atoms with van der Waals surface area (Å²) in [6.45, 7) is 0. The summed E-state index contributed by atoms with van der Waals surface area (Å²) in [6, 6.07) is 47.2. The summed E-state index contributed by atoms with van der Waals surface area (Å²) in [7, 11) is 0. The van der Waals surface area contributed by atoms with E-state index in [0.717, 1.165) is 50.0 Å². The van der Waals surface area contributed by atoms with Crippen molar-refractivity contribution in [3.05, 3.63) is 133 Å². The van der Waals surface area contributed by atoms with Crippen LogP contribution < -0.4 is 4.74 Å². The molecule has 1 aliphatic rings. The van der Waals surface area contributed by atoms with Gasteiger partial charge in [-0.3, -0.25) is 0 Å². The molecule has 40 heavy (non-hydrogen) atoms. The molecule has 0 atom stereocenters. The Hall–Kier alpha value is -5.34. The number of rotatable bonds is 2. The molecule has 0 aliphatic carbocycles.